The Morgan fingerprint density at radius 2 is 2.00 bits per heavy atom. The molecule has 1 aromatic heterocycles. The Morgan fingerprint density at radius 1 is 1.23 bits per heavy atom. The van der Waals surface area contributed by atoms with Crippen LogP contribution in [0, 0.1) is 0 Å². The normalized spacial score (nSPS) is 17.1. The first-order chi connectivity index (χ1) is 12.5. The number of rotatable bonds is 8. The van der Waals surface area contributed by atoms with Crippen LogP contribution in [-0.4, -0.2) is 36.3 Å². The van der Waals surface area contributed by atoms with Crippen LogP contribution in [0.25, 0.3) is 0 Å². The van der Waals surface area contributed by atoms with Crippen LogP contribution in [0.1, 0.15) is 33.0 Å². The molecular formula is C19H19Cl2NO3S. The molecule has 2 heterocycles. The molecular weight excluding hydrogens is 393 g/mol. The third-order valence-corrected chi connectivity index (χ3v) is 5.79. The number of likely N-dealkylation sites (tertiary alicyclic amines) is 1. The predicted octanol–water partition coefficient (Wildman–Crippen LogP) is 4.62. The number of ether oxygens (including phenoxy) is 1. The van der Waals surface area contributed by atoms with Crippen molar-refractivity contribution >= 4 is 46.7 Å². The summed E-state index contributed by atoms with van der Waals surface area (Å²) in [6, 6.07) is 9.22. The number of amides is 1. The second-order valence-corrected chi connectivity index (χ2v) is 8.32. The zero-order chi connectivity index (χ0) is 18.5. The first kappa shape index (κ1) is 19.4. The van der Waals surface area contributed by atoms with Crippen molar-refractivity contribution in [1.82, 2.24) is 4.90 Å². The Bertz CT molecular complexity index is 773. The highest BCUT2D eigenvalue weighted by atomic mass is 35.5. The number of hydrogen-bond donors (Lipinski definition) is 0. The zero-order valence-corrected chi connectivity index (χ0v) is 16.4. The SMILES string of the molecule is O=Cc1ccc(COC[C@H]2CCC(=O)N2CCc2cc(Cl)cc(Cl)c2)s1. The van der Waals surface area contributed by atoms with Crippen molar-refractivity contribution in [2.24, 2.45) is 0 Å². The van der Waals surface area contributed by atoms with Crippen LogP contribution in [0.4, 0.5) is 0 Å². The molecule has 1 aliphatic heterocycles. The van der Waals surface area contributed by atoms with Crippen molar-refractivity contribution in [2.45, 2.75) is 31.9 Å². The lowest BCUT2D eigenvalue weighted by Gasteiger charge is -2.24. The fraction of sp³-hybridized carbons (Fsp3) is 0.368. The number of thiophene rings is 1. The molecule has 0 unspecified atom stereocenters. The van der Waals surface area contributed by atoms with Gasteiger partial charge in [-0.2, -0.15) is 0 Å². The van der Waals surface area contributed by atoms with Crippen molar-refractivity contribution in [3.63, 3.8) is 0 Å². The molecule has 0 N–H and O–H groups in total. The number of hydrogen-bond acceptors (Lipinski definition) is 4. The summed E-state index contributed by atoms with van der Waals surface area (Å²) in [6.07, 6.45) is 2.90. The minimum Gasteiger partial charge on any atom is -0.374 e. The van der Waals surface area contributed by atoms with Crippen molar-refractivity contribution in [3.05, 3.63) is 55.7 Å². The number of halogens is 2. The molecule has 1 aromatic carbocycles. The first-order valence-electron chi connectivity index (χ1n) is 8.41. The molecule has 0 radical (unpaired) electrons. The van der Waals surface area contributed by atoms with E-state index in [1.807, 2.05) is 23.1 Å². The number of aldehydes is 1. The Kier molecular flexibility index (Phi) is 6.70. The number of nitrogens with zero attached hydrogens (tertiary/aromatic N) is 1. The van der Waals surface area contributed by atoms with Crippen LogP contribution in [0.15, 0.2) is 30.3 Å². The molecule has 7 heteroatoms. The summed E-state index contributed by atoms with van der Waals surface area (Å²) >= 11 is 13.5. The van der Waals surface area contributed by atoms with Gasteiger partial charge >= 0.3 is 0 Å². The molecule has 4 nitrogen and oxygen atoms in total. The summed E-state index contributed by atoms with van der Waals surface area (Å²) < 4.78 is 5.79. The molecule has 1 atom stereocenters. The van der Waals surface area contributed by atoms with Gasteiger partial charge in [0, 0.05) is 27.9 Å². The van der Waals surface area contributed by atoms with Gasteiger partial charge in [-0.25, -0.2) is 0 Å². The lowest BCUT2D eigenvalue weighted by molar-refractivity contribution is -0.129. The van der Waals surface area contributed by atoms with Gasteiger partial charge in [-0.05, 0) is 48.7 Å². The van der Waals surface area contributed by atoms with E-state index in [9.17, 15) is 9.59 Å². The average Bonchev–Trinajstić information content (AvgIpc) is 3.19. The van der Waals surface area contributed by atoms with Gasteiger partial charge in [-0.1, -0.05) is 23.2 Å². The summed E-state index contributed by atoms with van der Waals surface area (Å²) in [6.45, 7) is 1.58. The molecule has 3 rings (SSSR count). The third kappa shape index (κ3) is 5.07. The van der Waals surface area contributed by atoms with Gasteiger partial charge in [0.2, 0.25) is 5.91 Å². The van der Waals surface area contributed by atoms with Gasteiger partial charge in [0.05, 0.1) is 24.1 Å². The largest absolute Gasteiger partial charge is 0.374 e. The molecule has 138 valence electrons. The maximum absolute atomic E-state index is 12.2. The second kappa shape index (κ2) is 9.00. The molecule has 2 aromatic rings. The highest BCUT2D eigenvalue weighted by Gasteiger charge is 2.30. The summed E-state index contributed by atoms with van der Waals surface area (Å²) in [7, 11) is 0. The Balaban J connectivity index is 1.52. The van der Waals surface area contributed by atoms with Crippen molar-refractivity contribution in [2.75, 3.05) is 13.2 Å². The van der Waals surface area contributed by atoms with Crippen molar-refractivity contribution in [3.8, 4) is 0 Å². The van der Waals surface area contributed by atoms with E-state index >= 15 is 0 Å². The lowest BCUT2D eigenvalue weighted by atomic mass is 10.1. The zero-order valence-electron chi connectivity index (χ0n) is 14.1. The van der Waals surface area contributed by atoms with Crippen LogP contribution < -0.4 is 0 Å². The van der Waals surface area contributed by atoms with E-state index in [1.54, 1.807) is 12.1 Å². The van der Waals surface area contributed by atoms with E-state index in [0.29, 0.717) is 47.5 Å². The highest BCUT2D eigenvalue weighted by Crippen LogP contribution is 2.23. The van der Waals surface area contributed by atoms with Crippen LogP contribution in [0.2, 0.25) is 10.0 Å². The molecule has 0 bridgehead atoms. The fourth-order valence-corrected chi connectivity index (χ4v) is 4.45. The Labute approximate surface area is 166 Å². The smallest absolute Gasteiger partial charge is 0.222 e. The highest BCUT2D eigenvalue weighted by molar-refractivity contribution is 7.13. The number of carbonyl (C=O) groups excluding carboxylic acids is 2. The average molecular weight is 412 g/mol. The van der Waals surface area contributed by atoms with E-state index in [4.69, 9.17) is 27.9 Å². The number of benzene rings is 1. The Hall–Kier alpha value is -1.40. The van der Waals surface area contributed by atoms with Gasteiger partial charge in [0.25, 0.3) is 0 Å². The molecule has 0 saturated carbocycles. The first-order valence-corrected chi connectivity index (χ1v) is 9.98. The van der Waals surface area contributed by atoms with Crippen molar-refractivity contribution in [1.29, 1.82) is 0 Å². The van der Waals surface area contributed by atoms with E-state index in [-0.39, 0.29) is 11.9 Å². The fourth-order valence-electron chi connectivity index (χ4n) is 3.11. The van der Waals surface area contributed by atoms with Crippen LogP contribution in [-0.2, 0) is 22.6 Å². The van der Waals surface area contributed by atoms with E-state index in [2.05, 4.69) is 0 Å². The minimum absolute atomic E-state index is 0.0858. The van der Waals surface area contributed by atoms with Crippen LogP contribution in [0.5, 0.6) is 0 Å². The predicted molar refractivity (Wildman–Crippen MR) is 104 cm³/mol. The molecule has 1 aliphatic rings. The maximum atomic E-state index is 12.2. The standard InChI is InChI=1S/C19H19Cl2NO3S/c20-14-7-13(8-15(21)9-14)5-6-22-16(1-4-19(22)24)11-25-12-18-3-2-17(10-23)26-18/h2-3,7-10,16H,1,4-6,11-12H2/t16-/m1/s1. The van der Waals surface area contributed by atoms with E-state index < -0.39 is 0 Å². The summed E-state index contributed by atoms with van der Waals surface area (Å²) in [5, 5.41) is 1.21. The van der Waals surface area contributed by atoms with Crippen LogP contribution >= 0.6 is 34.5 Å². The van der Waals surface area contributed by atoms with Crippen LogP contribution in [0.3, 0.4) is 0 Å². The summed E-state index contributed by atoms with van der Waals surface area (Å²) in [4.78, 5) is 26.5. The Morgan fingerprint density at radius 3 is 2.69 bits per heavy atom. The van der Waals surface area contributed by atoms with E-state index in [1.165, 1.54) is 11.3 Å². The van der Waals surface area contributed by atoms with Gasteiger partial charge in [0.15, 0.2) is 6.29 Å². The number of carbonyl (C=O) groups is 2. The quantitative estimate of drug-likeness (QED) is 0.595. The molecule has 0 spiro atoms. The molecule has 1 amide bonds. The van der Waals surface area contributed by atoms with E-state index in [0.717, 1.165) is 23.1 Å². The van der Waals surface area contributed by atoms with Gasteiger partial charge in [0.1, 0.15) is 0 Å². The third-order valence-electron chi connectivity index (χ3n) is 4.37. The lowest BCUT2D eigenvalue weighted by Crippen LogP contribution is -2.37. The molecule has 1 fully saturated rings. The minimum atomic E-state index is 0.0858. The van der Waals surface area contributed by atoms with Gasteiger partial charge < -0.3 is 9.64 Å². The summed E-state index contributed by atoms with van der Waals surface area (Å²) in [5.41, 5.74) is 1.02. The van der Waals surface area contributed by atoms with Crippen molar-refractivity contribution < 1.29 is 14.3 Å². The van der Waals surface area contributed by atoms with Gasteiger partial charge in [-0.3, -0.25) is 9.59 Å². The topological polar surface area (TPSA) is 46.6 Å². The monoisotopic (exact) mass is 411 g/mol. The molecule has 26 heavy (non-hydrogen) atoms. The maximum Gasteiger partial charge on any atom is 0.222 e. The molecule has 1 saturated heterocycles. The molecule has 0 aliphatic carbocycles. The van der Waals surface area contributed by atoms with Gasteiger partial charge in [-0.15, -0.1) is 11.3 Å². The second-order valence-electron chi connectivity index (χ2n) is 6.24. The summed E-state index contributed by atoms with van der Waals surface area (Å²) in [5.74, 6) is 0.158.